The molecular weight excluding hydrogens is 264 g/mol. The number of hydrogen-bond donors (Lipinski definition) is 1. The van der Waals surface area contributed by atoms with Gasteiger partial charge in [-0.05, 0) is 25.8 Å². The molecule has 19 heavy (non-hydrogen) atoms. The van der Waals surface area contributed by atoms with Crippen LogP contribution in [0.1, 0.15) is 33.1 Å². The number of sulfone groups is 1. The second-order valence-corrected chi connectivity index (χ2v) is 7.73. The summed E-state index contributed by atoms with van der Waals surface area (Å²) in [7, 11) is -2.87. The largest absolute Gasteiger partial charge is 0.374 e. The van der Waals surface area contributed by atoms with E-state index in [1.165, 1.54) is 0 Å². The molecule has 0 aliphatic carbocycles. The van der Waals surface area contributed by atoms with Crippen molar-refractivity contribution < 1.29 is 13.2 Å². The molecule has 2 atom stereocenters. The maximum Gasteiger partial charge on any atom is 0.150 e. The highest BCUT2D eigenvalue weighted by Crippen LogP contribution is 2.12. The van der Waals surface area contributed by atoms with Crippen LogP contribution in [0.15, 0.2) is 0 Å². The molecule has 6 heteroatoms. The van der Waals surface area contributed by atoms with E-state index in [2.05, 4.69) is 11.8 Å². The molecule has 1 rings (SSSR count). The Morgan fingerprint density at radius 1 is 1.42 bits per heavy atom. The van der Waals surface area contributed by atoms with Crippen LogP contribution in [0.3, 0.4) is 0 Å². The summed E-state index contributed by atoms with van der Waals surface area (Å²) < 4.78 is 28.5. The molecule has 0 saturated carbocycles. The van der Waals surface area contributed by atoms with Crippen molar-refractivity contribution >= 4 is 9.84 Å². The molecule has 1 fully saturated rings. The van der Waals surface area contributed by atoms with Gasteiger partial charge in [0.2, 0.25) is 0 Å². The predicted molar refractivity (Wildman–Crippen MR) is 78.0 cm³/mol. The Hall–Kier alpha value is -0.170. The Balaban J connectivity index is 2.30. The third-order valence-electron chi connectivity index (χ3n) is 3.63. The van der Waals surface area contributed by atoms with Crippen molar-refractivity contribution in [2.75, 3.05) is 37.7 Å². The smallest absolute Gasteiger partial charge is 0.150 e. The van der Waals surface area contributed by atoms with E-state index in [1.54, 1.807) is 6.92 Å². The SMILES string of the molecule is CCCN1CCOC(C(N)CCCS(=O)(=O)CC)C1. The van der Waals surface area contributed by atoms with Gasteiger partial charge in [-0.15, -0.1) is 0 Å². The standard InChI is InChI=1S/C13H28N2O3S/c1-3-7-15-8-9-18-13(11-15)12(14)6-5-10-19(16,17)4-2/h12-13H,3-11,14H2,1-2H3. The maximum atomic E-state index is 11.4. The fraction of sp³-hybridized carbons (Fsp3) is 1.00. The fourth-order valence-electron chi connectivity index (χ4n) is 2.38. The lowest BCUT2D eigenvalue weighted by Gasteiger charge is -2.35. The number of rotatable bonds is 8. The Bertz CT molecular complexity index is 344. The lowest BCUT2D eigenvalue weighted by Crippen LogP contribution is -2.50. The average molecular weight is 292 g/mol. The lowest BCUT2D eigenvalue weighted by molar-refractivity contribution is -0.0413. The molecule has 0 spiro atoms. The molecule has 0 aromatic carbocycles. The van der Waals surface area contributed by atoms with E-state index in [1.807, 2.05) is 0 Å². The predicted octanol–water partition coefficient (Wildman–Crippen LogP) is 0.639. The van der Waals surface area contributed by atoms with E-state index in [-0.39, 0.29) is 23.7 Å². The summed E-state index contributed by atoms with van der Waals surface area (Å²) >= 11 is 0. The molecule has 1 aliphatic rings. The molecule has 1 aliphatic heterocycles. The minimum absolute atomic E-state index is 0.0460. The molecule has 0 aromatic rings. The number of nitrogens with two attached hydrogens (primary N) is 1. The monoisotopic (exact) mass is 292 g/mol. The molecule has 0 aromatic heterocycles. The summed E-state index contributed by atoms with van der Waals surface area (Å²) in [5.74, 6) is 0.453. The Labute approximate surface area is 117 Å². The Morgan fingerprint density at radius 2 is 2.16 bits per heavy atom. The van der Waals surface area contributed by atoms with Gasteiger partial charge in [-0.3, -0.25) is 4.90 Å². The van der Waals surface area contributed by atoms with Gasteiger partial charge in [0, 0.05) is 24.9 Å². The highest BCUT2D eigenvalue weighted by atomic mass is 32.2. The lowest BCUT2D eigenvalue weighted by atomic mass is 10.1. The van der Waals surface area contributed by atoms with Crippen LogP contribution in [-0.2, 0) is 14.6 Å². The number of hydrogen-bond acceptors (Lipinski definition) is 5. The van der Waals surface area contributed by atoms with E-state index in [0.717, 1.165) is 32.7 Å². The minimum atomic E-state index is -2.87. The van der Waals surface area contributed by atoms with E-state index < -0.39 is 9.84 Å². The average Bonchev–Trinajstić information content (AvgIpc) is 2.39. The fourth-order valence-corrected chi connectivity index (χ4v) is 3.27. The highest BCUT2D eigenvalue weighted by Gasteiger charge is 2.25. The van der Waals surface area contributed by atoms with Crippen LogP contribution in [0.25, 0.3) is 0 Å². The van der Waals surface area contributed by atoms with Crippen molar-refractivity contribution in [1.29, 1.82) is 0 Å². The van der Waals surface area contributed by atoms with E-state index in [9.17, 15) is 8.42 Å². The second-order valence-electron chi connectivity index (χ2n) is 5.25. The molecule has 114 valence electrons. The topological polar surface area (TPSA) is 72.6 Å². The Kier molecular flexibility index (Phi) is 7.28. The van der Waals surface area contributed by atoms with Crippen LogP contribution >= 0.6 is 0 Å². The molecule has 0 amide bonds. The molecule has 0 bridgehead atoms. The first-order valence-corrected chi connectivity index (χ1v) is 9.10. The maximum absolute atomic E-state index is 11.4. The Morgan fingerprint density at radius 3 is 2.79 bits per heavy atom. The summed E-state index contributed by atoms with van der Waals surface area (Å²) in [5, 5.41) is 0. The van der Waals surface area contributed by atoms with Crippen molar-refractivity contribution in [3.8, 4) is 0 Å². The van der Waals surface area contributed by atoms with Gasteiger partial charge in [0.25, 0.3) is 0 Å². The van der Waals surface area contributed by atoms with E-state index >= 15 is 0 Å². The third-order valence-corrected chi connectivity index (χ3v) is 5.42. The van der Waals surface area contributed by atoms with Crippen LogP contribution in [0, 0.1) is 0 Å². The van der Waals surface area contributed by atoms with Gasteiger partial charge in [-0.25, -0.2) is 8.42 Å². The zero-order valence-electron chi connectivity index (χ0n) is 12.2. The van der Waals surface area contributed by atoms with Gasteiger partial charge in [-0.1, -0.05) is 13.8 Å². The summed E-state index contributed by atoms with van der Waals surface area (Å²) in [6.07, 6.45) is 2.52. The van der Waals surface area contributed by atoms with Crippen LogP contribution < -0.4 is 5.73 Å². The first kappa shape index (κ1) is 16.9. The zero-order chi connectivity index (χ0) is 14.3. The summed E-state index contributed by atoms with van der Waals surface area (Å²) in [5.41, 5.74) is 6.13. The second kappa shape index (κ2) is 8.19. The van der Waals surface area contributed by atoms with Crippen molar-refractivity contribution in [1.82, 2.24) is 4.90 Å². The first-order chi connectivity index (χ1) is 8.98. The normalized spacial score (nSPS) is 23.4. The van der Waals surface area contributed by atoms with Crippen LogP contribution in [-0.4, -0.2) is 63.2 Å². The molecule has 0 radical (unpaired) electrons. The van der Waals surface area contributed by atoms with Crippen molar-refractivity contribution in [2.45, 2.75) is 45.3 Å². The van der Waals surface area contributed by atoms with E-state index in [4.69, 9.17) is 10.5 Å². The van der Waals surface area contributed by atoms with Gasteiger partial charge in [0.05, 0.1) is 18.5 Å². The molecule has 2 unspecified atom stereocenters. The molecule has 1 heterocycles. The van der Waals surface area contributed by atoms with Crippen LogP contribution in [0.5, 0.6) is 0 Å². The third kappa shape index (κ3) is 6.21. The number of nitrogens with zero attached hydrogens (tertiary/aromatic N) is 1. The summed E-state index contributed by atoms with van der Waals surface area (Å²) in [4.78, 5) is 2.37. The van der Waals surface area contributed by atoms with Crippen LogP contribution in [0.4, 0.5) is 0 Å². The van der Waals surface area contributed by atoms with Gasteiger partial charge < -0.3 is 10.5 Å². The highest BCUT2D eigenvalue weighted by molar-refractivity contribution is 7.91. The summed E-state index contributed by atoms with van der Waals surface area (Å²) in [6.45, 7) is 7.50. The van der Waals surface area contributed by atoms with Crippen molar-refractivity contribution in [3.63, 3.8) is 0 Å². The number of morpholine rings is 1. The van der Waals surface area contributed by atoms with Crippen LogP contribution in [0.2, 0.25) is 0 Å². The van der Waals surface area contributed by atoms with Gasteiger partial charge >= 0.3 is 0 Å². The van der Waals surface area contributed by atoms with Crippen molar-refractivity contribution in [2.24, 2.45) is 5.73 Å². The van der Waals surface area contributed by atoms with Gasteiger partial charge in [-0.2, -0.15) is 0 Å². The molecular formula is C13H28N2O3S. The molecule has 5 nitrogen and oxygen atoms in total. The molecule has 2 N–H and O–H groups in total. The van der Waals surface area contributed by atoms with Crippen molar-refractivity contribution in [3.05, 3.63) is 0 Å². The van der Waals surface area contributed by atoms with E-state index in [0.29, 0.717) is 12.8 Å². The number of ether oxygens (including phenoxy) is 1. The molecule has 1 saturated heterocycles. The first-order valence-electron chi connectivity index (χ1n) is 7.28. The minimum Gasteiger partial charge on any atom is -0.374 e. The zero-order valence-corrected chi connectivity index (χ0v) is 13.0. The van der Waals surface area contributed by atoms with Gasteiger partial charge in [0.15, 0.2) is 0 Å². The quantitative estimate of drug-likeness (QED) is 0.711. The summed E-state index contributed by atoms with van der Waals surface area (Å²) in [6, 6.07) is -0.0632. The van der Waals surface area contributed by atoms with Gasteiger partial charge in [0.1, 0.15) is 9.84 Å².